The number of quaternary nitrogens is 1. The second-order valence-corrected chi connectivity index (χ2v) is 6.60. The largest absolute Gasteiger partial charge is 1.00 e. The van der Waals surface area contributed by atoms with Crippen LogP contribution in [0.3, 0.4) is 0 Å². The molecule has 0 aliphatic carbocycles. The zero-order valence-corrected chi connectivity index (χ0v) is 17.0. The monoisotopic (exact) mass is 462 g/mol. The van der Waals surface area contributed by atoms with Gasteiger partial charge < -0.3 is 43.6 Å². The molecule has 140 valence electrons. The van der Waals surface area contributed by atoms with E-state index in [4.69, 9.17) is 4.74 Å². The predicted molar refractivity (Wildman–Crippen MR) is 91.9 cm³/mol. The van der Waals surface area contributed by atoms with Crippen LogP contribution in [0.1, 0.15) is 43.0 Å². The van der Waals surface area contributed by atoms with Gasteiger partial charge in [-0.1, -0.05) is 0 Å². The average molecular weight is 462 g/mol. The molecule has 0 aromatic heterocycles. The van der Waals surface area contributed by atoms with Gasteiger partial charge in [0.15, 0.2) is 0 Å². The van der Waals surface area contributed by atoms with Crippen LogP contribution < -0.4 is 29.3 Å². The first-order chi connectivity index (χ1) is 11.4. The molecule has 0 spiro atoms. The van der Waals surface area contributed by atoms with Crippen molar-refractivity contribution in [3.8, 4) is 5.75 Å². The van der Waals surface area contributed by atoms with E-state index in [1.807, 2.05) is 0 Å². The number of benzene rings is 1. The van der Waals surface area contributed by atoms with Gasteiger partial charge in [-0.3, -0.25) is 4.79 Å². The summed E-state index contributed by atoms with van der Waals surface area (Å²) < 4.78 is 5.80. The summed E-state index contributed by atoms with van der Waals surface area (Å²) in [5, 5.41) is 12.7. The minimum atomic E-state index is -0.574. The summed E-state index contributed by atoms with van der Waals surface area (Å²) in [6, 6.07) is 4.43. The van der Waals surface area contributed by atoms with Crippen LogP contribution >= 0.6 is 0 Å². The number of halogens is 1. The molecule has 0 radical (unpaired) electrons. The van der Waals surface area contributed by atoms with Crippen molar-refractivity contribution in [2.75, 3.05) is 38.6 Å². The van der Waals surface area contributed by atoms with Crippen LogP contribution in [0.5, 0.6) is 5.75 Å². The Kier molecular flexibility index (Phi) is 8.64. The lowest BCUT2D eigenvalue weighted by Gasteiger charge is -2.37. The molecule has 7 heteroatoms. The van der Waals surface area contributed by atoms with E-state index in [-0.39, 0.29) is 47.8 Å². The maximum absolute atomic E-state index is 12.1. The number of amides is 1. The highest BCUT2D eigenvalue weighted by Gasteiger charge is 2.25. The van der Waals surface area contributed by atoms with E-state index in [0.29, 0.717) is 12.1 Å². The molecular formula is C18H27IN2O4. The van der Waals surface area contributed by atoms with Crippen molar-refractivity contribution in [3.05, 3.63) is 23.8 Å². The quantitative estimate of drug-likeness (QED) is 0.341. The Labute approximate surface area is 166 Å². The second kappa shape index (κ2) is 9.96. The molecule has 1 heterocycles. The molecule has 1 aromatic carbocycles. The van der Waals surface area contributed by atoms with Crippen LogP contribution in [-0.4, -0.2) is 54.8 Å². The number of carbonyl (C=O) groups is 2. The number of nitrogens with zero attached hydrogens (tertiary/aromatic N) is 1. The molecule has 1 aliphatic rings. The summed E-state index contributed by atoms with van der Waals surface area (Å²) >= 11 is 0. The van der Waals surface area contributed by atoms with Crippen molar-refractivity contribution in [2.24, 2.45) is 0 Å². The number of rotatable bonds is 6. The van der Waals surface area contributed by atoms with Gasteiger partial charge in [-0.2, -0.15) is 0 Å². The molecule has 2 N–H and O–H groups in total. The lowest BCUT2D eigenvalue weighted by atomic mass is 10.1. The number of aromatic hydroxyl groups is 1. The SMILES string of the molecule is CCOC(=O)c1ccc(NC(=O)CC[N+]2(C)CCCCC2)cc1O.[I-]. The standard InChI is InChI=1S/C18H26N2O4.HI/c1-3-24-18(23)15-8-7-14(13-16(15)21)19-17(22)9-12-20(2)10-5-4-6-11-20;/h7-8,13H,3-6,9-12H2,1-2H3,(H-,19,21,22,23);1H. The Morgan fingerprint density at radius 3 is 2.52 bits per heavy atom. The number of hydrogen-bond acceptors (Lipinski definition) is 4. The third kappa shape index (κ3) is 6.47. The van der Waals surface area contributed by atoms with Crippen LogP contribution in [0.15, 0.2) is 18.2 Å². The number of likely N-dealkylation sites (tertiary alicyclic amines) is 1. The molecule has 0 bridgehead atoms. The summed E-state index contributed by atoms with van der Waals surface area (Å²) in [5.41, 5.74) is 0.577. The summed E-state index contributed by atoms with van der Waals surface area (Å²) in [5.74, 6) is -0.847. The van der Waals surface area contributed by atoms with Gasteiger partial charge in [0.1, 0.15) is 11.3 Å². The minimum Gasteiger partial charge on any atom is -1.00 e. The zero-order chi connectivity index (χ0) is 17.6. The van der Waals surface area contributed by atoms with Crippen molar-refractivity contribution in [3.63, 3.8) is 0 Å². The van der Waals surface area contributed by atoms with E-state index in [2.05, 4.69) is 12.4 Å². The number of piperidine rings is 1. The maximum Gasteiger partial charge on any atom is 0.341 e. The molecule has 0 atom stereocenters. The smallest absolute Gasteiger partial charge is 0.341 e. The van der Waals surface area contributed by atoms with Gasteiger partial charge in [0.2, 0.25) is 5.91 Å². The Hall–Kier alpha value is -1.35. The van der Waals surface area contributed by atoms with E-state index in [9.17, 15) is 14.7 Å². The predicted octanol–water partition coefficient (Wildman–Crippen LogP) is -0.468. The number of phenolic OH excluding ortho intramolecular Hbond substituents is 1. The first kappa shape index (κ1) is 21.7. The Morgan fingerprint density at radius 1 is 1.24 bits per heavy atom. The fourth-order valence-corrected chi connectivity index (χ4v) is 3.09. The molecule has 1 fully saturated rings. The van der Waals surface area contributed by atoms with Gasteiger partial charge in [0.25, 0.3) is 0 Å². The van der Waals surface area contributed by atoms with Crippen molar-refractivity contribution in [1.82, 2.24) is 0 Å². The molecule has 1 aromatic rings. The summed E-state index contributed by atoms with van der Waals surface area (Å²) in [6.45, 7) is 5.02. The van der Waals surface area contributed by atoms with E-state index in [1.165, 1.54) is 31.4 Å². The Balaban J connectivity index is 0.00000312. The highest BCUT2D eigenvalue weighted by atomic mass is 127. The summed E-state index contributed by atoms with van der Waals surface area (Å²) in [6.07, 6.45) is 4.17. The van der Waals surface area contributed by atoms with Gasteiger partial charge in [0.05, 0.1) is 39.7 Å². The number of nitrogens with one attached hydrogen (secondary N) is 1. The second-order valence-electron chi connectivity index (χ2n) is 6.60. The molecule has 6 nitrogen and oxygen atoms in total. The molecule has 25 heavy (non-hydrogen) atoms. The van der Waals surface area contributed by atoms with E-state index in [1.54, 1.807) is 13.0 Å². The van der Waals surface area contributed by atoms with Crippen molar-refractivity contribution < 1.29 is 47.9 Å². The Morgan fingerprint density at radius 2 is 1.92 bits per heavy atom. The van der Waals surface area contributed by atoms with Crippen LogP contribution in [0.2, 0.25) is 0 Å². The van der Waals surface area contributed by atoms with E-state index >= 15 is 0 Å². The molecule has 1 saturated heterocycles. The van der Waals surface area contributed by atoms with Crippen LogP contribution in [0, 0.1) is 0 Å². The Bertz CT molecular complexity index is 601. The third-order valence-corrected chi connectivity index (χ3v) is 4.55. The average Bonchev–Trinajstić information content (AvgIpc) is 2.54. The first-order valence-corrected chi connectivity index (χ1v) is 8.57. The number of phenols is 1. The lowest BCUT2D eigenvalue weighted by molar-refractivity contribution is -0.913. The molecule has 0 saturated carbocycles. The van der Waals surface area contributed by atoms with E-state index in [0.717, 1.165) is 24.1 Å². The minimum absolute atomic E-state index is 0. The molecule has 1 aliphatic heterocycles. The summed E-state index contributed by atoms with van der Waals surface area (Å²) in [4.78, 5) is 23.8. The topological polar surface area (TPSA) is 75.6 Å². The van der Waals surface area contributed by atoms with Crippen LogP contribution in [-0.2, 0) is 9.53 Å². The number of carbonyl (C=O) groups excluding carboxylic acids is 2. The highest BCUT2D eigenvalue weighted by molar-refractivity contribution is 5.95. The highest BCUT2D eigenvalue weighted by Crippen LogP contribution is 2.23. The zero-order valence-electron chi connectivity index (χ0n) is 14.9. The fourth-order valence-electron chi connectivity index (χ4n) is 3.09. The van der Waals surface area contributed by atoms with Crippen molar-refractivity contribution >= 4 is 17.6 Å². The normalized spacial score (nSPS) is 15.8. The van der Waals surface area contributed by atoms with Crippen LogP contribution in [0.25, 0.3) is 0 Å². The molecular weight excluding hydrogens is 435 g/mol. The van der Waals surface area contributed by atoms with Gasteiger partial charge in [0, 0.05) is 11.8 Å². The maximum atomic E-state index is 12.1. The van der Waals surface area contributed by atoms with E-state index < -0.39 is 5.97 Å². The van der Waals surface area contributed by atoms with Gasteiger partial charge in [-0.05, 0) is 38.3 Å². The van der Waals surface area contributed by atoms with Crippen molar-refractivity contribution in [2.45, 2.75) is 32.6 Å². The fraction of sp³-hybridized carbons (Fsp3) is 0.556. The molecule has 1 amide bonds. The number of hydrogen-bond donors (Lipinski definition) is 2. The van der Waals surface area contributed by atoms with Gasteiger partial charge >= 0.3 is 5.97 Å². The third-order valence-electron chi connectivity index (χ3n) is 4.55. The number of anilines is 1. The molecule has 2 rings (SSSR count). The number of ether oxygens (including phenoxy) is 1. The van der Waals surface area contributed by atoms with Crippen LogP contribution in [0.4, 0.5) is 5.69 Å². The van der Waals surface area contributed by atoms with Gasteiger partial charge in [-0.25, -0.2) is 4.79 Å². The number of esters is 1. The molecule has 0 unspecified atom stereocenters. The summed E-state index contributed by atoms with van der Waals surface area (Å²) in [7, 11) is 2.20. The van der Waals surface area contributed by atoms with Gasteiger partial charge in [-0.15, -0.1) is 0 Å². The lowest BCUT2D eigenvalue weighted by Crippen LogP contribution is -3.00. The van der Waals surface area contributed by atoms with Crippen molar-refractivity contribution in [1.29, 1.82) is 0 Å². The first-order valence-electron chi connectivity index (χ1n) is 8.57.